The van der Waals surface area contributed by atoms with E-state index in [1.807, 2.05) is 6.08 Å². The first kappa shape index (κ1) is 10.1. The standard InChI is InChI=1S/C9H15NO/c1-3-5-9(4-2)8-11-7-6-10/h3-5H,1-2,6-8,10H2/b9-5+. The van der Waals surface area contributed by atoms with E-state index in [0.717, 1.165) is 5.57 Å². The van der Waals surface area contributed by atoms with Crippen molar-refractivity contribution in [1.29, 1.82) is 0 Å². The van der Waals surface area contributed by atoms with Crippen LogP contribution in [0.2, 0.25) is 0 Å². The largest absolute Gasteiger partial charge is 0.375 e. The lowest BCUT2D eigenvalue weighted by Crippen LogP contribution is -2.09. The molecule has 2 N–H and O–H groups in total. The molecule has 0 saturated heterocycles. The van der Waals surface area contributed by atoms with Gasteiger partial charge in [0.25, 0.3) is 0 Å². The van der Waals surface area contributed by atoms with Gasteiger partial charge in [-0.05, 0) is 5.57 Å². The van der Waals surface area contributed by atoms with Gasteiger partial charge in [0.05, 0.1) is 13.2 Å². The van der Waals surface area contributed by atoms with E-state index in [0.29, 0.717) is 19.8 Å². The lowest BCUT2D eigenvalue weighted by Gasteiger charge is -2.01. The Kier molecular flexibility index (Phi) is 6.68. The van der Waals surface area contributed by atoms with Gasteiger partial charge in [0.2, 0.25) is 0 Å². The van der Waals surface area contributed by atoms with Crippen LogP contribution in [0.5, 0.6) is 0 Å². The fraction of sp³-hybridized carbons (Fsp3) is 0.333. The molecule has 0 fully saturated rings. The summed E-state index contributed by atoms with van der Waals surface area (Å²) in [7, 11) is 0. The van der Waals surface area contributed by atoms with Crippen LogP contribution in [0.15, 0.2) is 37.0 Å². The number of hydrogen-bond donors (Lipinski definition) is 1. The molecule has 0 saturated carbocycles. The highest BCUT2D eigenvalue weighted by Gasteiger charge is 1.88. The van der Waals surface area contributed by atoms with Crippen LogP contribution in [0, 0.1) is 0 Å². The predicted octanol–water partition coefficient (Wildman–Crippen LogP) is 1.26. The van der Waals surface area contributed by atoms with Gasteiger partial charge in [-0.1, -0.05) is 31.4 Å². The van der Waals surface area contributed by atoms with E-state index >= 15 is 0 Å². The molecule has 0 aliphatic rings. The van der Waals surface area contributed by atoms with Crippen LogP contribution in [0.25, 0.3) is 0 Å². The van der Waals surface area contributed by atoms with E-state index in [-0.39, 0.29) is 0 Å². The molecule has 0 atom stereocenters. The van der Waals surface area contributed by atoms with Gasteiger partial charge in [0.1, 0.15) is 0 Å². The average molecular weight is 153 g/mol. The van der Waals surface area contributed by atoms with Gasteiger partial charge in [0, 0.05) is 6.54 Å². The van der Waals surface area contributed by atoms with E-state index in [9.17, 15) is 0 Å². The topological polar surface area (TPSA) is 35.2 Å². The van der Waals surface area contributed by atoms with Crippen molar-refractivity contribution in [1.82, 2.24) is 0 Å². The third-order valence-electron chi connectivity index (χ3n) is 1.13. The van der Waals surface area contributed by atoms with Crippen molar-refractivity contribution >= 4 is 0 Å². The van der Waals surface area contributed by atoms with Crippen molar-refractivity contribution in [2.24, 2.45) is 5.73 Å². The molecular weight excluding hydrogens is 138 g/mol. The summed E-state index contributed by atoms with van der Waals surface area (Å²) in [5.74, 6) is 0. The predicted molar refractivity (Wildman–Crippen MR) is 48.4 cm³/mol. The van der Waals surface area contributed by atoms with Gasteiger partial charge < -0.3 is 10.5 Å². The molecule has 0 aliphatic heterocycles. The highest BCUT2D eigenvalue weighted by atomic mass is 16.5. The maximum absolute atomic E-state index is 5.24. The highest BCUT2D eigenvalue weighted by molar-refractivity contribution is 5.21. The van der Waals surface area contributed by atoms with Gasteiger partial charge in [0.15, 0.2) is 0 Å². The number of rotatable bonds is 6. The average Bonchev–Trinajstić information content (AvgIpc) is 2.03. The quantitative estimate of drug-likeness (QED) is 0.460. The molecule has 0 amide bonds. The summed E-state index contributed by atoms with van der Waals surface area (Å²) in [6.07, 6.45) is 5.32. The van der Waals surface area contributed by atoms with Crippen LogP contribution < -0.4 is 5.73 Å². The molecule has 0 aromatic heterocycles. The normalized spacial score (nSPS) is 11.2. The Hall–Kier alpha value is -0.860. The molecule has 2 nitrogen and oxygen atoms in total. The first-order valence-corrected chi connectivity index (χ1v) is 3.57. The molecule has 0 aliphatic carbocycles. The smallest absolute Gasteiger partial charge is 0.0717 e. The van der Waals surface area contributed by atoms with Crippen molar-refractivity contribution in [3.63, 3.8) is 0 Å². The molecular formula is C9H15NO. The maximum Gasteiger partial charge on any atom is 0.0717 e. The molecule has 0 rings (SSSR count). The minimum Gasteiger partial charge on any atom is -0.375 e. The van der Waals surface area contributed by atoms with E-state index in [4.69, 9.17) is 10.5 Å². The third-order valence-corrected chi connectivity index (χ3v) is 1.13. The van der Waals surface area contributed by atoms with Crippen LogP contribution >= 0.6 is 0 Å². The number of ether oxygens (including phenoxy) is 1. The molecule has 2 heteroatoms. The van der Waals surface area contributed by atoms with Crippen LogP contribution in [0.1, 0.15) is 0 Å². The van der Waals surface area contributed by atoms with Crippen LogP contribution in [-0.4, -0.2) is 19.8 Å². The summed E-state index contributed by atoms with van der Waals surface area (Å²) in [6.45, 7) is 8.91. The first-order valence-electron chi connectivity index (χ1n) is 3.57. The summed E-state index contributed by atoms with van der Waals surface area (Å²) in [4.78, 5) is 0. The second-order valence-electron chi connectivity index (χ2n) is 2.02. The molecule has 11 heavy (non-hydrogen) atoms. The van der Waals surface area contributed by atoms with Crippen molar-refractivity contribution in [2.75, 3.05) is 19.8 Å². The summed E-state index contributed by atoms with van der Waals surface area (Å²) in [5, 5.41) is 0. The zero-order valence-corrected chi connectivity index (χ0v) is 6.75. The Morgan fingerprint density at radius 1 is 1.45 bits per heavy atom. The fourth-order valence-corrected chi connectivity index (χ4v) is 0.600. The number of allylic oxidation sites excluding steroid dienone is 2. The van der Waals surface area contributed by atoms with Gasteiger partial charge in [-0.2, -0.15) is 0 Å². The molecule has 0 heterocycles. The van der Waals surface area contributed by atoms with Crippen LogP contribution in [0.3, 0.4) is 0 Å². The summed E-state index contributed by atoms with van der Waals surface area (Å²) >= 11 is 0. The Labute approximate surface area is 68.0 Å². The van der Waals surface area contributed by atoms with Crippen molar-refractivity contribution in [3.05, 3.63) is 37.0 Å². The summed E-state index contributed by atoms with van der Waals surface area (Å²) < 4.78 is 5.18. The molecule has 0 aromatic rings. The Balaban J connectivity index is 3.60. The Bertz CT molecular complexity index is 150. The van der Waals surface area contributed by atoms with E-state index in [2.05, 4.69) is 13.2 Å². The van der Waals surface area contributed by atoms with E-state index < -0.39 is 0 Å². The molecule has 0 radical (unpaired) electrons. The lowest BCUT2D eigenvalue weighted by molar-refractivity contribution is 0.166. The molecule has 0 aromatic carbocycles. The van der Waals surface area contributed by atoms with E-state index in [1.165, 1.54) is 0 Å². The van der Waals surface area contributed by atoms with Gasteiger partial charge in [-0.3, -0.25) is 0 Å². The third kappa shape index (κ3) is 5.58. The van der Waals surface area contributed by atoms with Crippen molar-refractivity contribution in [2.45, 2.75) is 0 Å². The second-order valence-corrected chi connectivity index (χ2v) is 2.02. The Morgan fingerprint density at radius 3 is 2.64 bits per heavy atom. The number of hydrogen-bond acceptors (Lipinski definition) is 2. The Morgan fingerprint density at radius 2 is 2.18 bits per heavy atom. The highest BCUT2D eigenvalue weighted by Crippen LogP contribution is 1.96. The second kappa shape index (κ2) is 7.25. The van der Waals surface area contributed by atoms with Crippen LogP contribution in [-0.2, 0) is 4.74 Å². The lowest BCUT2D eigenvalue weighted by atomic mass is 10.2. The number of nitrogens with two attached hydrogens (primary N) is 1. The minimum atomic E-state index is 0.554. The monoisotopic (exact) mass is 153 g/mol. The van der Waals surface area contributed by atoms with Crippen molar-refractivity contribution < 1.29 is 4.74 Å². The zero-order valence-electron chi connectivity index (χ0n) is 6.75. The SMILES string of the molecule is C=C/C=C(\C=C)COCCN. The zero-order chi connectivity index (χ0) is 8.53. The van der Waals surface area contributed by atoms with Crippen molar-refractivity contribution in [3.8, 4) is 0 Å². The van der Waals surface area contributed by atoms with Gasteiger partial charge in [-0.15, -0.1) is 0 Å². The molecule has 0 spiro atoms. The van der Waals surface area contributed by atoms with Gasteiger partial charge >= 0.3 is 0 Å². The minimum absolute atomic E-state index is 0.554. The molecule has 0 bridgehead atoms. The maximum atomic E-state index is 5.24. The molecule has 0 unspecified atom stereocenters. The molecule has 62 valence electrons. The summed E-state index contributed by atoms with van der Waals surface area (Å²) in [6, 6.07) is 0. The van der Waals surface area contributed by atoms with Crippen LogP contribution in [0.4, 0.5) is 0 Å². The first-order chi connectivity index (χ1) is 5.35. The van der Waals surface area contributed by atoms with E-state index in [1.54, 1.807) is 12.2 Å². The fourth-order valence-electron chi connectivity index (χ4n) is 0.600. The van der Waals surface area contributed by atoms with Gasteiger partial charge in [-0.25, -0.2) is 0 Å². The summed E-state index contributed by atoms with van der Waals surface area (Å²) in [5.41, 5.74) is 6.26.